The second-order valence-corrected chi connectivity index (χ2v) is 4.69. The molecule has 2 aromatic rings. The van der Waals surface area contributed by atoms with Crippen LogP contribution < -0.4 is 10.1 Å². The van der Waals surface area contributed by atoms with Crippen molar-refractivity contribution in [3.8, 4) is 5.75 Å². The molecular formula is C15H15ClFNO. The van der Waals surface area contributed by atoms with E-state index in [1.54, 1.807) is 6.07 Å². The molecule has 0 fully saturated rings. The molecule has 0 saturated carbocycles. The fraction of sp³-hybridized carbons (Fsp3) is 0.200. The summed E-state index contributed by atoms with van der Waals surface area (Å²) in [5.41, 5.74) is 2.69. The van der Waals surface area contributed by atoms with E-state index in [0.717, 1.165) is 16.8 Å². The van der Waals surface area contributed by atoms with Crippen molar-refractivity contribution in [1.29, 1.82) is 0 Å². The minimum absolute atomic E-state index is 0.261. The molecular weight excluding hydrogens is 265 g/mol. The van der Waals surface area contributed by atoms with Crippen molar-refractivity contribution in [2.24, 2.45) is 0 Å². The van der Waals surface area contributed by atoms with E-state index in [9.17, 15) is 4.39 Å². The average Bonchev–Trinajstić information content (AvgIpc) is 2.38. The van der Waals surface area contributed by atoms with Crippen molar-refractivity contribution in [2.75, 3.05) is 12.4 Å². The second kappa shape index (κ2) is 5.93. The lowest BCUT2D eigenvalue weighted by molar-refractivity contribution is 0.304. The van der Waals surface area contributed by atoms with Crippen molar-refractivity contribution < 1.29 is 9.13 Å². The lowest BCUT2D eigenvalue weighted by Gasteiger charge is -2.12. The first-order valence-corrected chi connectivity index (χ1v) is 6.33. The quantitative estimate of drug-likeness (QED) is 0.895. The van der Waals surface area contributed by atoms with Gasteiger partial charge in [-0.2, -0.15) is 0 Å². The number of hydrogen-bond donors (Lipinski definition) is 1. The minimum atomic E-state index is -0.261. The van der Waals surface area contributed by atoms with Crippen LogP contribution in [0.15, 0.2) is 36.4 Å². The molecule has 1 N–H and O–H groups in total. The third kappa shape index (κ3) is 3.38. The van der Waals surface area contributed by atoms with Gasteiger partial charge in [0, 0.05) is 23.3 Å². The lowest BCUT2D eigenvalue weighted by atomic mass is 10.2. The molecule has 0 aliphatic heterocycles. The Labute approximate surface area is 117 Å². The molecule has 0 atom stereocenters. The van der Waals surface area contributed by atoms with Gasteiger partial charge in [0.05, 0.1) is 0 Å². The van der Waals surface area contributed by atoms with Crippen LogP contribution in [0.3, 0.4) is 0 Å². The molecule has 4 heteroatoms. The van der Waals surface area contributed by atoms with Crippen LogP contribution in [-0.4, -0.2) is 7.05 Å². The van der Waals surface area contributed by atoms with Gasteiger partial charge in [0.25, 0.3) is 0 Å². The zero-order valence-corrected chi connectivity index (χ0v) is 11.6. The van der Waals surface area contributed by atoms with Crippen LogP contribution in [0.5, 0.6) is 5.75 Å². The summed E-state index contributed by atoms with van der Waals surface area (Å²) in [7, 11) is 1.84. The molecule has 0 bridgehead atoms. The summed E-state index contributed by atoms with van der Waals surface area (Å²) in [6, 6.07) is 10.0. The summed E-state index contributed by atoms with van der Waals surface area (Å²) in [5, 5.41) is 3.74. The molecule has 0 heterocycles. The highest BCUT2D eigenvalue weighted by molar-refractivity contribution is 6.30. The number of anilines is 1. The lowest BCUT2D eigenvalue weighted by Crippen LogP contribution is -2.01. The Morgan fingerprint density at radius 3 is 2.68 bits per heavy atom. The van der Waals surface area contributed by atoms with Crippen molar-refractivity contribution in [1.82, 2.24) is 0 Å². The number of nitrogens with one attached hydrogen (secondary N) is 1. The first-order valence-electron chi connectivity index (χ1n) is 5.95. The maximum absolute atomic E-state index is 13.0. The fourth-order valence-electron chi connectivity index (χ4n) is 1.86. The Morgan fingerprint density at radius 1 is 1.21 bits per heavy atom. The monoisotopic (exact) mass is 279 g/mol. The molecule has 0 saturated heterocycles. The van der Waals surface area contributed by atoms with Gasteiger partial charge in [-0.15, -0.1) is 0 Å². The summed E-state index contributed by atoms with van der Waals surface area (Å²) >= 11 is 5.97. The predicted octanol–water partition coefficient (Wildman–Crippen LogP) is 4.41. The van der Waals surface area contributed by atoms with Crippen LogP contribution in [0, 0.1) is 12.7 Å². The zero-order chi connectivity index (χ0) is 13.8. The van der Waals surface area contributed by atoms with Crippen LogP contribution in [0.25, 0.3) is 0 Å². The summed E-state index contributed by atoms with van der Waals surface area (Å²) in [6.45, 7) is 2.19. The zero-order valence-electron chi connectivity index (χ0n) is 10.8. The second-order valence-electron chi connectivity index (χ2n) is 4.25. The Hall–Kier alpha value is -1.74. The van der Waals surface area contributed by atoms with Gasteiger partial charge < -0.3 is 10.1 Å². The molecule has 0 aromatic heterocycles. The predicted molar refractivity (Wildman–Crippen MR) is 76.5 cm³/mol. The van der Waals surface area contributed by atoms with Gasteiger partial charge in [0.1, 0.15) is 18.2 Å². The Morgan fingerprint density at radius 2 is 2.00 bits per heavy atom. The number of hydrogen-bond acceptors (Lipinski definition) is 2. The SMILES string of the molecule is CNc1ccc(Cl)cc1COc1ccc(F)cc1C. The van der Waals surface area contributed by atoms with Gasteiger partial charge in [0.2, 0.25) is 0 Å². The first-order chi connectivity index (χ1) is 9.10. The summed E-state index contributed by atoms with van der Waals surface area (Å²) in [6.07, 6.45) is 0. The van der Waals surface area contributed by atoms with Gasteiger partial charge >= 0.3 is 0 Å². The molecule has 0 radical (unpaired) electrons. The van der Waals surface area contributed by atoms with E-state index in [0.29, 0.717) is 17.4 Å². The number of ether oxygens (including phenoxy) is 1. The third-order valence-electron chi connectivity index (χ3n) is 2.86. The van der Waals surface area contributed by atoms with Crippen molar-refractivity contribution in [3.63, 3.8) is 0 Å². The van der Waals surface area contributed by atoms with Crippen molar-refractivity contribution in [3.05, 3.63) is 58.4 Å². The van der Waals surface area contributed by atoms with E-state index in [1.165, 1.54) is 12.1 Å². The van der Waals surface area contributed by atoms with Crippen LogP contribution >= 0.6 is 11.6 Å². The van der Waals surface area contributed by atoms with Gasteiger partial charge in [-0.1, -0.05) is 11.6 Å². The van der Waals surface area contributed by atoms with Gasteiger partial charge in [0.15, 0.2) is 0 Å². The van der Waals surface area contributed by atoms with E-state index in [2.05, 4.69) is 5.32 Å². The van der Waals surface area contributed by atoms with Gasteiger partial charge in [-0.3, -0.25) is 0 Å². The van der Waals surface area contributed by atoms with Crippen molar-refractivity contribution >= 4 is 17.3 Å². The molecule has 2 rings (SSSR count). The molecule has 2 aromatic carbocycles. The maximum atomic E-state index is 13.0. The molecule has 0 aliphatic carbocycles. The molecule has 19 heavy (non-hydrogen) atoms. The molecule has 0 aliphatic rings. The van der Waals surface area contributed by atoms with E-state index >= 15 is 0 Å². The Kier molecular flexibility index (Phi) is 4.27. The number of halogens is 2. The van der Waals surface area contributed by atoms with E-state index < -0.39 is 0 Å². The number of benzene rings is 2. The topological polar surface area (TPSA) is 21.3 Å². The standard InChI is InChI=1S/C15H15ClFNO/c1-10-7-13(17)4-6-15(10)19-9-11-8-12(16)3-5-14(11)18-2/h3-8,18H,9H2,1-2H3. The molecule has 0 spiro atoms. The first kappa shape index (κ1) is 13.7. The Bertz CT molecular complexity index is 586. The normalized spacial score (nSPS) is 10.3. The van der Waals surface area contributed by atoms with Crippen LogP contribution in [0.2, 0.25) is 5.02 Å². The maximum Gasteiger partial charge on any atom is 0.123 e. The average molecular weight is 280 g/mol. The molecule has 0 unspecified atom stereocenters. The number of rotatable bonds is 4. The highest BCUT2D eigenvalue weighted by Crippen LogP contribution is 2.24. The minimum Gasteiger partial charge on any atom is -0.489 e. The van der Waals surface area contributed by atoms with E-state index in [1.807, 2.05) is 32.2 Å². The molecule has 0 amide bonds. The van der Waals surface area contributed by atoms with Crippen LogP contribution in [0.4, 0.5) is 10.1 Å². The molecule has 100 valence electrons. The van der Waals surface area contributed by atoms with E-state index in [4.69, 9.17) is 16.3 Å². The van der Waals surface area contributed by atoms with E-state index in [-0.39, 0.29) is 5.82 Å². The van der Waals surface area contributed by atoms with Gasteiger partial charge in [-0.25, -0.2) is 4.39 Å². The fourth-order valence-corrected chi connectivity index (χ4v) is 2.05. The Balaban J connectivity index is 2.16. The van der Waals surface area contributed by atoms with Crippen LogP contribution in [0.1, 0.15) is 11.1 Å². The summed E-state index contributed by atoms with van der Waals surface area (Å²) in [4.78, 5) is 0. The highest BCUT2D eigenvalue weighted by atomic mass is 35.5. The van der Waals surface area contributed by atoms with Crippen LogP contribution in [-0.2, 0) is 6.61 Å². The summed E-state index contributed by atoms with van der Waals surface area (Å²) < 4.78 is 18.7. The van der Waals surface area contributed by atoms with Gasteiger partial charge in [-0.05, 0) is 48.9 Å². The largest absolute Gasteiger partial charge is 0.489 e. The third-order valence-corrected chi connectivity index (χ3v) is 3.09. The molecule has 2 nitrogen and oxygen atoms in total. The highest BCUT2D eigenvalue weighted by Gasteiger charge is 2.05. The summed E-state index contributed by atoms with van der Waals surface area (Å²) in [5.74, 6) is 0.409. The number of aryl methyl sites for hydroxylation is 1. The van der Waals surface area contributed by atoms with Crippen molar-refractivity contribution in [2.45, 2.75) is 13.5 Å². The smallest absolute Gasteiger partial charge is 0.123 e.